The molecular formula is C20H34O5. The van der Waals surface area contributed by atoms with Gasteiger partial charge in [-0.3, -0.25) is 4.79 Å². The van der Waals surface area contributed by atoms with E-state index in [4.69, 9.17) is 5.11 Å². The van der Waals surface area contributed by atoms with E-state index in [-0.39, 0.29) is 18.3 Å². The van der Waals surface area contributed by atoms with Crippen molar-refractivity contribution in [3.63, 3.8) is 0 Å². The van der Waals surface area contributed by atoms with Crippen LogP contribution in [-0.4, -0.2) is 44.7 Å². The van der Waals surface area contributed by atoms with Crippen LogP contribution in [0, 0.1) is 11.8 Å². The van der Waals surface area contributed by atoms with E-state index in [9.17, 15) is 20.1 Å². The molecule has 1 rings (SSSR count). The van der Waals surface area contributed by atoms with Gasteiger partial charge >= 0.3 is 5.97 Å². The van der Waals surface area contributed by atoms with Crippen LogP contribution in [-0.2, 0) is 4.79 Å². The van der Waals surface area contributed by atoms with Crippen molar-refractivity contribution >= 4 is 5.97 Å². The van der Waals surface area contributed by atoms with E-state index in [1.807, 2.05) is 18.2 Å². The predicted octanol–water partition coefficient (Wildman–Crippen LogP) is 3.04. The predicted molar refractivity (Wildman–Crippen MR) is 98.1 cm³/mol. The fourth-order valence-electron chi connectivity index (χ4n) is 3.41. The largest absolute Gasteiger partial charge is 0.481 e. The Morgan fingerprint density at radius 2 is 1.92 bits per heavy atom. The first kappa shape index (κ1) is 21.9. The van der Waals surface area contributed by atoms with Crippen LogP contribution in [0.25, 0.3) is 0 Å². The molecule has 0 radical (unpaired) electrons. The molecule has 5 heteroatoms. The number of aliphatic hydroxyl groups excluding tert-OH is 3. The molecule has 1 saturated carbocycles. The maximum Gasteiger partial charge on any atom is 0.303 e. The number of rotatable bonds is 12. The van der Waals surface area contributed by atoms with Gasteiger partial charge in [-0.15, -0.1) is 0 Å². The number of aliphatic carboxylic acids is 1. The highest BCUT2D eigenvalue weighted by Gasteiger charge is 2.39. The lowest BCUT2D eigenvalue weighted by Gasteiger charge is -2.19. The van der Waals surface area contributed by atoms with E-state index in [0.717, 1.165) is 25.7 Å². The second kappa shape index (κ2) is 12.2. The molecule has 0 bridgehead atoms. The van der Waals surface area contributed by atoms with Gasteiger partial charge in [0.15, 0.2) is 0 Å². The summed E-state index contributed by atoms with van der Waals surface area (Å²) >= 11 is 0. The Morgan fingerprint density at radius 1 is 1.16 bits per heavy atom. The Bertz CT molecular complexity index is 432. The van der Waals surface area contributed by atoms with Crippen LogP contribution < -0.4 is 0 Å². The molecule has 0 aromatic heterocycles. The first-order valence-electron chi connectivity index (χ1n) is 9.55. The van der Waals surface area contributed by atoms with E-state index >= 15 is 0 Å². The highest BCUT2D eigenvalue weighted by Crippen LogP contribution is 2.36. The van der Waals surface area contributed by atoms with Crippen molar-refractivity contribution in [3.05, 3.63) is 24.3 Å². The monoisotopic (exact) mass is 354 g/mol. The lowest BCUT2D eigenvalue weighted by Crippen LogP contribution is -2.20. The maximum atomic E-state index is 10.5. The molecule has 1 aliphatic rings. The van der Waals surface area contributed by atoms with Gasteiger partial charge in [-0.05, 0) is 31.6 Å². The summed E-state index contributed by atoms with van der Waals surface area (Å²) < 4.78 is 0. The average Bonchev–Trinajstić information content (AvgIpc) is 2.82. The molecule has 0 aromatic rings. The lowest BCUT2D eigenvalue weighted by molar-refractivity contribution is -0.137. The summed E-state index contributed by atoms with van der Waals surface area (Å²) in [5, 5.41) is 39.0. The molecule has 0 amide bonds. The molecular weight excluding hydrogens is 320 g/mol. The Labute approximate surface area is 151 Å². The van der Waals surface area contributed by atoms with Gasteiger partial charge in [0.25, 0.3) is 0 Å². The SMILES string of the molecule is CCCCC[C@H](O)/C=C/[C@H]1[C@@H](C/C=C\CCCC(=O)O)[C@@H](O)C[C@H]1O. The number of allylic oxidation sites excluding steroid dienone is 2. The van der Waals surface area contributed by atoms with Crippen molar-refractivity contribution in [2.45, 2.75) is 83.0 Å². The highest BCUT2D eigenvalue weighted by molar-refractivity contribution is 5.66. The van der Waals surface area contributed by atoms with Gasteiger partial charge in [0.05, 0.1) is 18.3 Å². The molecule has 0 aromatic carbocycles. The van der Waals surface area contributed by atoms with Crippen LogP contribution in [0.1, 0.15) is 64.7 Å². The van der Waals surface area contributed by atoms with Gasteiger partial charge in [0, 0.05) is 18.8 Å². The number of carboxylic acid groups (broad SMARTS) is 1. The van der Waals surface area contributed by atoms with E-state index in [2.05, 4.69) is 6.92 Å². The summed E-state index contributed by atoms with van der Waals surface area (Å²) in [6.45, 7) is 2.12. The van der Waals surface area contributed by atoms with Gasteiger partial charge in [-0.25, -0.2) is 0 Å². The molecule has 5 nitrogen and oxygen atoms in total. The molecule has 0 heterocycles. The number of aliphatic hydroxyl groups is 3. The first-order chi connectivity index (χ1) is 12.0. The third-order valence-electron chi connectivity index (χ3n) is 4.91. The molecule has 0 aliphatic heterocycles. The van der Waals surface area contributed by atoms with Gasteiger partial charge in [-0.2, -0.15) is 0 Å². The van der Waals surface area contributed by atoms with Crippen molar-refractivity contribution in [1.29, 1.82) is 0 Å². The fraction of sp³-hybridized carbons (Fsp3) is 0.750. The topological polar surface area (TPSA) is 98.0 Å². The van der Waals surface area contributed by atoms with Crippen molar-refractivity contribution in [1.82, 2.24) is 0 Å². The summed E-state index contributed by atoms with van der Waals surface area (Å²) in [5.41, 5.74) is 0. The van der Waals surface area contributed by atoms with E-state index in [1.165, 1.54) is 0 Å². The molecule has 25 heavy (non-hydrogen) atoms. The minimum Gasteiger partial charge on any atom is -0.481 e. The zero-order valence-corrected chi connectivity index (χ0v) is 15.3. The molecule has 0 saturated heterocycles. The van der Waals surface area contributed by atoms with Gasteiger partial charge in [-0.1, -0.05) is 50.5 Å². The number of hydrogen-bond acceptors (Lipinski definition) is 4. The molecule has 1 fully saturated rings. The lowest BCUT2D eigenvalue weighted by atomic mass is 9.89. The van der Waals surface area contributed by atoms with Crippen LogP contribution in [0.3, 0.4) is 0 Å². The van der Waals surface area contributed by atoms with Crippen molar-refractivity contribution in [3.8, 4) is 0 Å². The van der Waals surface area contributed by atoms with Crippen LogP contribution in [0.15, 0.2) is 24.3 Å². The van der Waals surface area contributed by atoms with Gasteiger partial charge < -0.3 is 20.4 Å². The van der Waals surface area contributed by atoms with Gasteiger partial charge in [0.1, 0.15) is 0 Å². The highest BCUT2D eigenvalue weighted by atomic mass is 16.4. The number of unbranched alkanes of at least 4 members (excludes halogenated alkanes) is 3. The summed E-state index contributed by atoms with van der Waals surface area (Å²) in [5.74, 6) is -1.00. The molecule has 0 spiro atoms. The maximum absolute atomic E-state index is 10.5. The van der Waals surface area contributed by atoms with E-state index in [0.29, 0.717) is 25.7 Å². The quantitative estimate of drug-likeness (QED) is 0.319. The van der Waals surface area contributed by atoms with Crippen LogP contribution >= 0.6 is 0 Å². The summed E-state index contributed by atoms with van der Waals surface area (Å²) in [6.07, 6.45) is 12.3. The Balaban J connectivity index is 2.46. The second-order valence-corrected chi connectivity index (χ2v) is 7.05. The number of hydrogen-bond donors (Lipinski definition) is 4. The third-order valence-corrected chi connectivity index (χ3v) is 4.91. The zero-order chi connectivity index (χ0) is 18.7. The molecule has 0 unspecified atom stereocenters. The van der Waals surface area contributed by atoms with E-state index < -0.39 is 24.3 Å². The fourth-order valence-corrected chi connectivity index (χ4v) is 3.41. The Morgan fingerprint density at radius 3 is 2.60 bits per heavy atom. The van der Waals surface area contributed by atoms with Crippen molar-refractivity contribution in [2.75, 3.05) is 0 Å². The van der Waals surface area contributed by atoms with Crippen LogP contribution in [0.2, 0.25) is 0 Å². The van der Waals surface area contributed by atoms with Gasteiger partial charge in [0.2, 0.25) is 0 Å². The standard InChI is InChI=1S/C20H34O5/c1-2-3-6-9-15(21)12-13-17-16(18(22)14-19(17)23)10-7-4-5-8-11-20(24)25/h4,7,12-13,15-19,21-23H,2-3,5-6,8-11,14H2,1H3,(H,24,25)/b7-4-,13-12+/t15-,16+,17-,18-,19+/m0/s1. The summed E-state index contributed by atoms with van der Waals surface area (Å²) in [7, 11) is 0. The Kier molecular flexibility index (Phi) is 10.7. The van der Waals surface area contributed by atoms with Crippen LogP contribution in [0.5, 0.6) is 0 Å². The molecule has 1 aliphatic carbocycles. The number of carboxylic acids is 1. The van der Waals surface area contributed by atoms with Crippen molar-refractivity contribution < 1.29 is 25.2 Å². The Hall–Kier alpha value is -1.17. The minimum atomic E-state index is -0.787. The normalized spacial score (nSPS) is 28.2. The minimum absolute atomic E-state index is 0.0650. The molecule has 144 valence electrons. The number of carbonyl (C=O) groups is 1. The third kappa shape index (κ3) is 8.66. The molecule has 4 N–H and O–H groups in total. The zero-order valence-electron chi connectivity index (χ0n) is 15.3. The molecule has 5 atom stereocenters. The summed E-state index contributed by atoms with van der Waals surface area (Å²) in [6, 6.07) is 0. The summed E-state index contributed by atoms with van der Waals surface area (Å²) in [4.78, 5) is 10.5. The second-order valence-electron chi connectivity index (χ2n) is 7.05. The smallest absolute Gasteiger partial charge is 0.303 e. The van der Waals surface area contributed by atoms with E-state index in [1.54, 1.807) is 6.08 Å². The van der Waals surface area contributed by atoms with Crippen molar-refractivity contribution in [2.24, 2.45) is 11.8 Å². The van der Waals surface area contributed by atoms with Crippen LogP contribution in [0.4, 0.5) is 0 Å². The average molecular weight is 354 g/mol. The first-order valence-corrected chi connectivity index (χ1v) is 9.55.